The van der Waals surface area contributed by atoms with Gasteiger partial charge in [0.05, 0.1) is 22.5 Å². The van der Waals surface area contributed by atoms with E-state index in [-0.39, 0.29) is 0 Å². The van der Waals surface area contributed by atoms with Gasteiger partial charge in [-0.05, 0) is 39.0 Å². The topological polar surface area (TPSA) is 38.1 Å². The summed E-state index contributed by atoms with van der Waals surface area (Å²) in [4.78, 5) is 0. The number of benzene rings is 1. The SMILES string of the molecule is Cc1c(C(C)(C)O)cnn1-c1ccc(Cl)cc1Cl. The number of rotatable bonds is 2. The summed E-state index contributed by atoms with van der Waals surface area (Å²) in [5.41, 5.74) is 1.44. The Balaban J connectivity index is 2.56. The van der Waals surface area contributed by atoms with Crippen LogP contribution in [0.25, 0.3) is 5.69 Å². The van der Waals surface area contributed by atoms with E-state index < -0.39 is 5.60 Å². The molecule has 0 aliphatic heterocycles. The molecule has 1 aromatic carbocycles. The lowest BCUT2D eigenvalue weighted by Crippen LogP contribution is -2.16. The van der Waals surface area contributed by atoms with Gasteiger partial charge in [0.2, 0.25) is 0 Å². The Bertz CT molecular complexity index is 585. The van der Waals surface area contributed by atoms with Gasteiger partial charge in [-0.2, -0.15) is 5.10 Å². The van der Waals surface area contributed by atoms with Crippen LogP contribution in [-0.2, 0) is 5.60 Å². The smallest absolute Gasteiger partial charge is 0.0873 e. The number of aromatic nitrogens is 2. The van der Waals surface area contributed by atoms with Gasteiger partial charge in [-0.15, -0.1) is 0 Å². The molecule has 2 rings (SSSR count). The third kappa shape index (κ3) is 2.39. The van der Waals surface area contributed by atoms with E-state index in [0.717, 1.165) is 16.9 Å². The highest BCUT2D eigenvalue weighted by Gasteiger charge is 2.22. The van der Waals surface area contributed by atoms with Gasteiger partial charge >= 0.3 is 0 Å². The number of aliphatic hydroxyl groups is 1. The summed E-state index contributed by atoms with van der Waals surface area (Å²) >= 11 is 12.0. The Morgan fingerprint density at radius 2 is 1.94 bits per heavy atom. The first-order valence-electron chi connectivity index (χ1n) is 5.53. The molecule has 1 aromatic heterocycles. The highest BCUT2D eigenvalue weighted by molar-refractivity contribution is 6.35. The van der Waals surface area contributed by atoms with Crippen molar-refractivity contribution in [3.05, 3.63) is 45.7 Å². The molecule has 18 heavy (non-hydrogen) atoms. The van der Waals surface area contributed by atoms with E-state index in [1.165, 1.54) is 0 Å². The molecule has 96 valence electrons. The first kappa shape index (κ1) is 13.4. The van der Waals surface area contributed by atoms with E-state index in [1.54, 1.807) is 42.9 Å². The van der Waals surface area contributed by atoms with Crippen LogP contribution in [0.3, 0.4) is 0 Å². The average Bonchev–Trinajstić information content (AvgIpc) is 2.60. The molecule has 0 radical (unpaired) electrons. The van der Waals surface area contributed by atoms with Gasteiger partial charge < -0.3 is 5.11 Å². The van der Waals surface area contributed by atoms with E-state index in [0.29, 0.717) is 10.0 Å². The molecular weight excluding hydrogens is 271 g/mol. The number of hydrogen-bond acceptors (Lipinski definition) is 2. The number of halogens is 2. The molecule has 0 saturated carbocycles. The van der Waals surface area contributed by atoms with Crippen LogP contribution in [0, 0.1) is 6.92 Å². The Morgan fingerprint density at radius 1 is 1.28 bits per heavy atom. The van der Waals surface area contributed by atoms with Crippen molar-refractivity contribution >= 4 is 23.2 Å². The van der Waals surface area contributed by atoms with Gasteiger partial charge in [0.15, 0.2) is 0 Å². The maximum absolute atomic E-state index is 10.0. The molecule has 0 saturated heterocycles. The third-order valence-electron chi connectivity index (χ3n) is 2.81. The van der Waals surface area contributed by atoms with Crippen LogP contribution in [0.4, 0.5) is 0 Å². The largest absolute Gasteiger partial charge is 0.386 e. The quantitative estimate of drug-likeness (QED) is 0.913. The molecular formula is C13H14Cl2N2O. The van der Waals surface area contributed by atoms with Crippen LogP contribution in [-0.4, -0.2) is 14.9 Å². The van der Waals surface area contributed by atoms with E-state index >= 15 is 0 Å². The molecule has 0 fully saturated rings. The minimum absolute atomic E-state index is 0.524. The van der Waals surface area contributed by atoms with Crippen molar-refractivity contribution in [2.75, 3.05) is 0 Å². The van der Waals surface area contributed by atoms with Crippen molar-refractivity contribution in [3.8, 4) is 5.69 Å². The summed E-state index contributed by atoms with van der Waals surface area (Å²) in [7, 11) is 0. The summed E-state index contributed by atoms with van der Waals surface area (Å²) in [6.45, 7) is 5.35. The summed E-state index contributed by atoms with van der Waals surface area (Å²) < 4.78 is 1.70. The van der Waals surface area contributed by atoms with E-state index in [1.807, 2.05) is 6.92 Å². The van der Waals surface area contributed by atoms with Gasteiger partial charge in [0, 0.05) is 16.3 Å². The Labute approximate surface area is 116 Å². The van der Waals surface area contributed by atoms with Gasteiger partial charge in [0.25, 0.3) is 0 Å². The lowest BCUT2D eigenvalue weighted by atomic mass is 10.00. The highest BCUT2D eigenvalue weighted by Crippen LogP contribution is 2.29. The van der Waals surface area contributed by atoms with Crippen LogP contribution in [0.1, 0.15) is 25.1 Å². The van der Waals surface area contributed by atoms with Crippen LogP contribution < -0.4 is 0 Å². The molecule has 0 aliphatic rings. The standard InChI is InChI=1S/C13H14Cl2N2O/c1-8-10(13(2,3)18)7-16-17(8)12-5-4-9(14)6-11(12)15/h4-7,18H,1-3H3. The summed E-state index contributed by atoms with van der Waals surface area (Å²) in [6, 6.07) is 5.23. The van der Waals surface area contributed by atoms with Crippen LogP contribution >= 0.6 is 23.2 Å². The second-order valence-electron chi connectivity index (χ2n) is 4.71. The molecule has 0 bridgehead atoms. The Kier molecular flexibility index (Phi) is 3.41. The second kappa shape index (κ2) is 4.57. The van der Waals surface area contributed by atoms with Crippen LogP contribution in [0.15, 0.2) is 24.4 Å². The molecule has 2 aromatic rings. The van der Waals surface area contributed by atoms with E-state index in [2.05, 4.69) is 5.10 Å². The Hall–Kier alpha value is -1.03. The first-order chi connectivity index (χ1) is 8.30. The summed E-state index contributed by atoms with van der Waals surface area (Å²) in [5, 5.41) is 15.4. The van der Waals surface area contributed by atoms with Crippen molar-refractivity contribution in [2.45, 2.75) is 26.4 Å². The van der Waals surface area contributed by atoms with Gasteiger partial charge in [-0.3, -0.25) is 0 Å². The maximum Gasteiger partial charge on any atom is 0.0873 e. The molecule has 0 spiro atoms. The van der Waals surface area contributed by atoms with Crippen molar-refractivity contribution in [1.29, 1.82) is 0 Å². The fourth-order valence-corrected chi connectivity index (χ4v) is 2.39. The first-order valence-corrected chi connectivity index (χ1v) is 6.29. The normalized spacial score (nSPS) is 11.9. The molecule has 0 unspecified atom stereocenters. The van der Waals surface area contributed by atoms with Crippen molar-refractivity contribution in [2.24, 2.45) is 0 Å². The monoisotopic (exact) mass is 284 g/mol. The lowest BCUT2D eigenvalue weighted by Gasteiger charge is -2.17. The summed E-state index contributed by atoms with van der Waals surface area (Å²) in [5.74, 6) is 0. The molecule has 0 amide bonds. The molecule has 1 N–H and O–H groups in total. The van der Waals surface area contributed by atoms with Gasteiger partial charge in [0.1, 0.15) is 0 Å². The molecule has 0 aliphatic carbocycles. The van der Waals surface area contributed by atoms with Crippen molar-refractivity contribution in [3.63, 3.8) is 0 Å². The zero-order valence-corrected chi connectivity index (χ0v) is 11.9. The fraction of sp³-hybridized carbons (Fsp3) is 0.308. The highest BCUT2D eigenvalue weighted by atomic mass is 35.5. The van der Waals surface area contributed by atoms with Gasteiger partial charge in [-0.25, -0.2) is 4.68 Å². The third-order valence-corrected chi connectivity index (χ3v) is 3.34. The predicted octanol–water partition coefficient (Wildman–Crippen LogP) is 3.71. The number of hydrogen-bond donors (Lipinski definition) is 1. The fourth-order valence-electron chi connectivity index (χ4n) is 1.91. The van der Waals surface area contributed by atoms with E-state index in [9.17, 15) is 5.11 Å². The second-order valence-corrected chi connectivity index (χ2v) is 5.55. The average molecular weight is 285 g/mol. The summed E-state index contributed by atoms with van der Waals surface area (Å²) in [6.07, 6.45) is 1.65. The Morgan fingerprint density at radius 3 is 2.44 bits per heavy atom. The zero-order chi connectivity index (χ0) is 13.5. The lowest BCUT2D eigenvalue weighted by molar-refractivity contribution is 0.0779. The van der Waals surface area contributed by atoms with Crippen molar-refractivity contribution < 1.29 is 5.11 Å². The van der Waals surface area contributed by atoms with Gasteiger partial charge in [-0.1, -0.05) is 23.2 Å². The number of nitrogens with zero attached hydrogens (tertiary/aromatic N) is 2. The van der Waals surface area contributed by atoms with Crippen LogP contribution in [0.2, 0.25) is 10.0 Å². The molecule has 1 heterocycles. The van der Waals surface area contributed by atoms with Crippen molar-refractivity contribution in [1.82, 2.24) is 9.78 Å². The molecule has 5 heteroatoms. The predicted molar refractivity (Wildman–Crippen MR) is 73.6 cm³/mol. The molecule has 3 nitrogen and oxygen atoms in total. The zero-order valence-electron chi connectivity index (χ0n) is 10.4. The maximum atomic E-state index is 10.0. The minimum atomic E-state index is -0.929. The van der Waals surface area contributed by atoms with E-state index in [4.69, 9.17) is 23.2 Å². The van der Waals surface area contributed by atoms with Crippen LogP contribution in [0.5, 0.6) is 0 Å². The minimum Gasteiger partial charge on any atom is -0.386 e. The molecule has 0 atom stereocenters.